The fraction of sp³-hybridized carbons (Fsp3) is 0.364. The third-order valence-corrected chi connectivity index (χ3v) is 2.47. The molecule has 2 nitrogen and oxygen atoms in total. The summed E-state index contributed by atoms with van der Waals surface area (Å²) in [5, 5.41) is 8.47. The van der Waals surface area contributed by atoms with E-state index in [0.717, 1.165) is 5.69 Å². The molecule has 0 unspecified atom stereocenters. The van der Waals surface area contributed by atoms with Gasteiger partial charge in [-0.05, 0) is 12.1 Å². The van der Waals surface area contributed by atoms with Gasteiger partial charge in [-0.3, -0.25) is 0 Å². The summed E-state index contributed by atoms with van der Waals surface area (Å²) in [5.74, 6) is -0.162. The molecular formula is C11H12ClFN2. The van der Waals surface area contributed by atoms with E-state index in [0.29, 0.717) is 18.5 Å². The largest absolute Gasteiger partial charge is 0.373 e. The maximum atomic E-state index is 13.4. The van der Waals surface area contributed by atoms with Crippen LogP contribution in [0.25, 0.3) is 0 Å². The average Bonchev–Trinajstić information content (AvgIpc) is 2.25. The lowest BCUT2D eigenvalue weighted by atomic mass is 10.1. The highest BCUT2D eigenvalue weighted by Crippen LogP contribution is 2.23. The van der Waals surface area contributed by atoms with E-state index in [1.165, 1.54) is 6.07 Å². The number of nitriles is 1. The van der Waals surface area contributed by atoms with E-state index in [4.69, 9.17) is 16.9 Å². The predicted molar refractivity (Wildman–Crippen MR) is 59.5 cm³/mol. The summed E-state index contributed by atoms with van der Waals surface area (Å²) in [6, 6.07) is 6.89. The Bertz CT molecular complexity index is 373. The van der Waals surface area contributed by atoms with Crippen molar-refractivity contribution in [3.8, 4) is 6.07 Å². The number of alkyl halides is 1. The standard InChI is InChI=1S/C11H12ClFN2/c1-15(7-3-6-14)11-5-2-4-10(13)9(11)8-12/h2,4-5H,3,7-8H2,1H3. The van der Waals surface area contributed by atoms with Gasteiger partial charge in [-0.1, -0.05) is 6.07 Å². The Hall–Kier alpha value is -1.27. The quantitative estimate of drug-likeness (QED) is 0.739. The highest BCUT2D eigenvalue weighted by atomic mass is 35.5. The van der Waals surface area contributed by atoms with Gasteiger partial charge in [0.2, 0.25) is 0 Å². The fourth-order valence-corrected chi connectivity index (χ4v) is 1.64. The molecule has 4 heteroatoms. The van der Waals surface area contributed by atoms with Crippen LogP contribution in [-0.2, 0) is 5.88 Å². The van der Waals surface area contributed by atoms with E-state index >= 15 is 0 Å². The highest BCUT2D eigenvalue weighted by Gasteiger charge is 2.10. The van der Waals surface area contributed by atoms with Gasteiger partial charge in [0.1, 0.15) is 5.82 Å². The zero-order valence-corrected chi connectivity index (χ0v) is 9.26. The summed E-state index contributed by atoms with van der Waals surface area (Å²) in [7, 11) is 1.82. The molecule has 0 aliphatic heterocycles. The molecule has 0 saturated carbocycles. The van der Waals surface area contributed by atoms with Crippen molar-refractivity contribution in [1.82, 2.24) is 0 Å². The van der Waals surface area contributed by atoms with E-state index in [2.05, 4.69) is 6.07 Å². The lowest BCUT2D eigenvalue weighted by Gasteiger charge is -2.20. The van der Waals surface area contributed by atoms with Crippen LogP contribution < -0.4 is 4.90 Å². The van der Waals surface area contributed by atoms with Crippen molar-refractivity contribution in [2.24, 2.45) is 0 Å². The van der Waals surface area contributed by atoms with E-state index in [1.54, 1.807) is 12.1 Å². The third kappa shape index (κ3) is 2.84. The van der Waals surface area contributed by atoms with Gasteiger partial charge >= 0.3 is 0 Å². The Balaban J connectivity index is 2.93. The zero-order chi connectivity index (χ0) is 11.3. The second-order valence-electron chi connectivity index (χ2n) is 3.20. The predicted octanol–water partition coefficient (Wildman–Crippen LogP) is 2.91. The van der Waals surface area contributed by atoms with Crippen molar-refractivity contribution in [3.63, 3.8) is 0 Å². The molecule has 0 aliphatic rings. The van der Waals surface area contributed by atoms with Gasteiger partial charge in [0.25, 0.3) is 0 Å². The molecule has 1 aromatic rings. The molecular weight excluding hydrogens is 215 g/mol. The van der Waals surface area contributed by atoms with Crippen LogP contribution >= 0.6 is 11.6 Å². The van der Waals surface area contributed by atoms with Crippen LogP contribution in [0, 0.1) is 17.1 Å². The number of hydrogen-bond donors (Lipinski definition) is 0. The van der Waals surface area contributed by atoms with Gasteiger partial charge in [-0.2, -0.15) is 5.26 Å². The molecule has 0 radical (unpaired) electrons. The first kappa shape index (κ1) is 11.8. The van der Waals surface area contributed by atoms with Crippen LogP contribution in [0.1, 0.15) is 12.0 Å². The Kier molecular flexibility index (Phi) is 4.38. The first-order valence-corrected chi connectivity index (χ1v) is 5.15. The second-order valence-corrected chi connectivity index (χ2v) is 3.47. The van der Waals surface area contributed by atoms with Gasteiger partial charge in [0, 0.05) is 24.8 Å². The first-order chi connectivity index (χ1) is 7.20. The normalized spacial score (nSPS) is 9.73. The van der Waals surface area contributed by atoms with Crippen molar-refractivity contribution < 1.29 is 4.39 Å². The minimum Gasteiger partial charge on any atom is -0.373 e. The maximum absolute atomic E-state index is 13.4. The molecule has 0 aliphatic carbocycles. The summed E-state index contributed by atoms with van der Waals surface area (Å²) in [6.45, 7) is 0.573. The van der Waals surface area contributed by atoms with Gasteiger partial charge in [0.15, 0.2) is 0 Å². The summed E-state index contributed by atoms with van der Waals surface area (Å²) in [4.78, 5) is 1.84. The fourth-order valence-electron chi connectivity index (χ4n) is 1.38. The molecule has 0 amide bonds. The summed E-state index contributed by atoms with van der Waals surface area (Å²) >= 11 is 5.68. The van der Waals surface area contributed by atoms with Crippen LogP contribution in [0.5, 0.6) is 0 Å². The molecule has 0 saturated heterocycles. The van der Waals surface area contributed by atoms with E-state index in [1.807, 2.05) is 11.9 Å². The van der Waals surface area contributed by atoms with Crippen molar-refractivity contribution in [3.05, 3.63) is 29.6 Å². The van der Waals surface area contributed by atoms with Crippen molar-refractivity contribution in [2.75, 3.05) is 18.5 Å². The Morgan fingerprint density at radius 3 is 2.87 bits per heavy atom. The SMILES string of the molecule is CN(CCC#N)c1cccc(F)c1CCl. The van der Waals surface area contributed by atoms with Gasteiger partial charge in [-0.15, -0.1) is 11.6 Å². The molecule has 0 fully saturated rings. The number of anilines is 1. The van der Waals surface area contributed by atoms with Gasteiger partial charge in [-0.25, -0.2) is 4.39 Å². The molecule has 0 bridgehead atoms. The second kappa shape index (κ2) is 5.57. The molecule has 80 valence electrons. The average molecular weight is 227 g/mol. The zero-order valence-electron chi connectivity index (χ0n) is 8.50. The third-order valence-electron chi connectivity index (χ3n) is 2.20. The smallest absolute Gasteiger partial charge is 0.129 e. The van der Waals surface area contributed by atoms with E-state index < -0.39 is 0 Å². The number of hydrogen-bond acceptors (Lipinski definition) is 2. The molecule has 0 atom stereocenters. The first-order valence-electron chi connectivity index (χ1n) is 4.62. The maximum Gasteiger partial charge on any atom is 0.129 e. The number of halogens is 2. The molecule has 0 N–H and O–H groups in total. The number of nitrogens with zero attached hydrogens (tertiary/aromatic N) is 2. The molecule has 0 spiro atoms. The number of rotatable bonds is 4. The van der Waals surface area contributed by atoms with Crippen molar-refractivity contribution >= 4 is 17.3 Å². The van der Waals surface area contributed by atoms with E-state index in [9.17, 15) is 4.39 Å². The monoisotopic (exact) mass is 226 g/mol. The molecule has 15 heavy (non-hydrogen) atoms. The molecule has 0 aromatic heterocycles. The van der Waals surface area contributed by atoms with Crippen LogP contribution in [0.2, 0.25) is 0 Å². The lowest BCUT2D eigenvalue weighted by Crippen LogP contribution is -2.19. The van der Waals surface area contributed by atoms with Crippen LogP contribution in [0.4, 0.5) is 10.1 Å². The van der Waals surface area contributed by atoms with Crippen molar-refractivity contribution in [1.29, 1.82) is 5.26 Å². The van der Waals surface area contributed by atoms with Crippen LogP contribution in [0.3, 0.4) is 0 Å². The molecule has 1 aromatic carbocycles. The van der Waals surface area contributed by atoms with Crippen LogP contribution in [0.15, 0.2) is 18.2 Å². The van der Waals surface area contributed by atoms with E-state index in [-0.39, 0.29) is 11.7 Å². The summed E-state index contributed by atoms with van der Waals surface area (Å²) in [5.41, 5.74) is 1.24. The van der Waals surface area contributed by atoms with Crippen molar-refractivity contribution in [2.45, 2.75) is 12.3 Å². The molecule has 1 rings (SSSR count). The minimum absolute atomic E-state index is 0.138. The Labute approximate surface area is 93.9 Å². The molecule has 0 heterocycles. The minimum atomic E-state index is -0.300. The lowest BCUT2D eigenvalue weighted by molar-refractivity contribution is 0.616. The number of benzene rings is 1. The summed E-state index contributed by atoms with van der Waals surface area (Å²) < 4.78 is 13.4. The Morgan fingerprint density at radius 2 is 2.27 bits per heavy atom. The topological polar surface area (TPSA) is 27.0 Å². The van der Waals surface area contributed by atoms with Gasteiger partial charge in [0.05, 0.1) is 18.4 Å². The highest BCUT2D eigenvalue weighted by molar-refractivity contribution is 6.17. The summed E-state index contributed by atoms with van der Waals surface area (Å²) in [6.07, 6.45) is 0.411. The van der Waals surface area contributed by atoms with Gasteiger partial charge < -0.3 is 4.90 Å². The van der Waals surface area contributed by atoms with Crippen LogP contribution in [-0.4, -0.2) is 13.6 Å². The Morgan fingerprint density at radius 1 is 1.53 bits per heavy atom.